The van der Waals surface area contributed by atoms with Crippen LogP contribution in [0.3, 0.4) is 0 Å². The molecule has 128 valence electrons. The molecular weight excluding hydrogens is 323 g/mol. The van der Waals surface area contributed by atoms with E-state index in [1.165, 1.54) is 12.1 Å². The molecule has 1 aliphatic heterocycles. The zero-order valence-electron chi connectivity index (χ0n) is 13.7. The van der Waals surface area contributed by atoms with E-state index in [4.69, 9.17) is 4.52 Å². The number of hydrogen-bond donors (Lipinski definition) is 0. The van der Waals surface area contributed by atoms with Crippen LogP contribution in [0, 0.1) is 12.7 Å². The van der Waals surface area contributed by atoms with E-state index in [1.807, 2.05) is 24.0 Å². The molecule has 6 nitrogen and oxygen atoms in total. The number of rotatable bonds is 3. The number of aromatic nitrogens is 3. The van der Waals surface area contributed by atoms with Crippen LogP contribution in [0.5, 0.6) is 0 Å². The third kappa shape index (κ3) is 2.93. The molecule has 25 heavy (non-hydrogen) atoms. The zero-order valence-corrected chi connectivity index (χ0v) is 13.7. The van der Waals surface area contributed by atoms with Crippen LogP contribution in [-0.4, -0.2) is 38.8 Å². The number of likely N-dealkylation sites (tertiary alicyclic amines) is 1. The zero-order chi connectivity index (χ0) is 17.4. The maximum atomic E-state index is 13.8. The highest BCUT2D eigenvalue weighted by Crippen LogP contribution is 2.26. The maximum absolute atomic E-state index is 13.8. The van der Waals surface area contributed by atoms with Crippen molar-refractivity contribution < 1.29 is 13.7 Å². The fraction of sp³-hybridized carbons (Fsp3) is 0.278. The van der Waals surface area contributed by atoms with E-state index in [0.717, 1.165) is 12.0 Å². The minimum Gasteiger partial charge on any atom is -0.355 e. The molecule has 7 heteroatoms. The van der Waals surface area contributed by atoms with Crippen molar-refractivity contribution in [2.24, 2.45) is 0 Å². The standard InChI is InChI=1S/C18H17FN4O2/c1-12-9-20-23(10-12)13-6-7-22(11-13)18(24)16-8-17(25-21-16)14-4-2-3-5-15(14)19/h2-5,8-10,13H,6-7,11H2,1H3. The Morgan fingerprint density at radius 3 is 2.96 bits per heavy atom. The molecule has 1 aromatic carbocycles. The summed E-state index contributed by atoms with van der Waals surface area (Å²) in [6.07, 6.45) is 4.62. The highest BCUT2D eigenvalue weighted by molar-refractivity contribution is 5.93. The Hall–Kier alpha value is -2.96. The molecule has 1 atom stereocenters. The van der Waals surface area contributed by atoms with Gasteiger partial charge < -0.3 is 9.42 Å². The van der Waals surface area contributed by atoms with Gasteiger partial charge in [0.15, 0.2) is 11.5 Å². The summed E-state index contributed by atoms with van der Waals surface area (Å²) in [5.74, 6) is -0.370. The van der Waals surface area contributed by atoms with Gasteiger partial charge in [0, 0.05) is 25.4 Å². The first-order valence-corrected chi connectivity index (χ1v) is 8.13. The summed E-state index contributed by atoms with van der Waals surface area (Å²) in [6.45, 7) is 3.19. The topological polar surface area (TPSA) is 64.2 Å². The molecule has 1 fully saturated rings. The normalized spacial score (nSPS) is 17.2. The molecule has 0 saturated carbocycles. The van der Waals surface area contributed by atoms with Crippen LogP contribution >= 0.6 is 0 Å². The SMILES string of the molecule is Cc1cnn(C2CCN(C(=O)c3cc(-c4ccccc4F)on3)C2)c1. The second kappa shape index (κ2) is 6.16. The fourth-order valence-electron chi connectivity index (χ4n) is 3.10. The molecule has 0 N–H and O–H groups in total. The fourth-order valence-corrected chi connectivity index (χ4v) is 3.10. The second-order valence-electron chi connectivity index (χ2n) is 6.25. The van der Waals surface area contributed by atoms with Crippen LogP contribution in [0.4, 0.5) is 4.39 Å². The Morgan fingerprint density at radius 2 is 2.20 bits per heavy atom. The monoisotopic (exact) mass is 340 g/mol. The molecule has 0 bridgehead atoms. The maximum Gasteiger partial charge on any atom is 0.276 e. The van der Waals surface area contributed by atoms with Crippen molar-refractivity contribution in [2.75, 3.05) is 13.1 Å². The number of halogens is 1. The van der Waals surface area contributed by atoms with E-state index >= 15 is 0 Å². The summed E-state index contributed by atoms with van der Waals surface area (Å²) < 4.78 is 20.9. The molecule has 3 aromatic rings. The van der Waals surface area contributed by atoms with Gasteiger partial charge in [-0.3, -0.25) is 9.48 Å². The average molecular weight is 340 g/mol. The van der Waals surface area contributed by atoms with Gasteiger partial charge in [-0.05, 0) is 31.0 Å². The van der Waals surface area contributed by atoms with Gasteiger partial charge in [0.2, 0.25) is 0 Å². The summed E-state index contributed by atoms with van der Waals surface area (Å²) in [5.41, 5.74) is 1.58. The van der Waals surface area contributed by atoms with Crippen LogP contribution < -0.4 is 0 Å². The Balaban J connectivity index is 1.50. The number of benzene rings is 1. The van der Waals surface area contributed by atoms with Crippen molar-refractivity contribution >= 4 is 5.91 Å². The molecule has 1 aliphatic rings. The molecular formula is C18H17FN4O2. The van der Waals surface area contributed by atoms with Gasteiger partial charge in [0.25, 0.3) is 5.91 Å². The van der Waals surface area contributed by atoms with Crippen molar-refractivity contribution in [3.05, 3.63) is 59.8 Å². The molecule has 2 aromatic heterocycles. The van der Waals surface area contributed by atoms with E-state index in [9.17, 15) is 9.18 Å². The Bertz CT molecular complexity index is 917. The van der Waals surface area contributed by atoms with Crippen molar-refractivity contribution in [3.63, 3.8) is 0 Å². The third-order valence-electron chi connectivity index (χ3n) is 4.42. The number of carbonyl (C=O) groups is 1. The first-order valence-electron chi connectivity index (χ1n) is 8.13. The lowest BCUT2D eigenvalue weighted by atomic mass is 10.1. The first kappa shape index (κ1) is 15.6. The second-order valence-corrected chi connectivity index (χ2v) is 6.25. The van der Waals surface area contributed by atoms with Crippen LogP contribution in [0.2, 0.25) is 0 Å². The molecule has 3 heterocycles. The molecule has 4 rings (SSSR count). The van der Waals surface area contributed by atoms with Gasteiger partial charge in [0.05, 0.1) is 17.8 Å². The van der Waals surface area contributed by atoms with Gasteiger partial charge in [-0.25, -0.2) is 4.39 Å². The Morgan fingerprint density at radius 1 is 1.36 bits per heavy atom. The van der Waals surface area contributed by atoms with Crippen molar-refractivity contribution in [3.8, 4) is 11.3 Å². The predicted molar refractivity (Wildman–Crippen MR) is 88.4 cm³/mol. The lowest BCUT2D eigenvalue weighted by Crippen LogP contribution is -2.29. The molecule has 1 amide bonds. The van der Waals surface area contributed by atoms with Gasteiger partial charge in [-0.1, -0.05) is 17.3 Å². The van der Waals surface area contributed by atoms with Gasteiger partial charge in [0.1, 0.15) is 5.82 Å². The average Bonchev–Trinajstić information content (AvgIpc) is 3.35. The summed E-state index contributed by atoms with van der Waals surface area (Å²) in [5, 5.41) is 8.15. The smallest absolute Gasteiger partial charge is 0.276 e. The van der Waals surface area contributed by atoms with Crippen LogP contribution in [0.15, 0.2) is 47.2 Å². The Kier molecular flexibility index (Phi) is 3.83. The third-order valence-corrected chi connectivity index (χ3v) is 4.42. The summed E-state index contributed by atoms with van der Waals surface area (Å²) in [4.78, 5) is 14.4. The van der Waals surface area contributed by atoms with Gasteiger partial charge in [-0.2, -0.15) is 5.10 Å². The molecule has 0 aliphatic carbocycles. The van der Waals surface area contributed by atoms with Gasteiger partial charge >= 0.3 is 0 Å². The van der Waals surface area contributed by atoms with E-state index in [-0.39, 0.29) is 23.4 Å². The number of hydrogen-bond acceptors (Lipinski definition) is 4. The van der Waals surface area contributed by atoms with Gasteiger partial charge in [-0.15, -0.1) is 0 Å². The van der Waals surface area contributed by atoms with Crippen molar-refractivity contribution in [2.45, 2.75) is 19.4 Å². The van der Waals surface area contributed by atoms with E-state index < -0.39 is 5.82 Å². The number of carbonyl (C=O) groups excluding carboxylic acids is 1. The van der Waals surface area contributed by atoms with Crippen LogP contribution in [-0.2, 0) is 0 Å². The number of nitrogens with zero attached hydrogens (tertiary/aromatic N) is 4. The lowest BCUT2D eigenvalue weighted by Gasteiger charge is -2.15. The number of amides is 1. The van der Waals surface area contributed by atoms with Crippen molar-refractivity contribution in [1.82, 2.24) is 19.8 Å². The molecule has 1 unspecified atom stereocenters. The molecule has 0 radical (unpaired) electrons. The minimum atomic E-state index is -0.409. The summed E-state index contributed by atoms with van der Waals surface area (Å²) in [6, 6.07) is 7.90. The molecule has 1 saturated heterocycles. The number of aryl methyl sites for hydroxylation is 1. The highest BCUT2D eigenvalue weighted by atomic mass is 19.1. The predicted octanol–water partition coefficient (Wildman–Crippen LogP) is 3.07. The van der Waals surface area contributed by atoms with E-state index in [0.29, 0.717) is 18.7 Å². The first-order chi connectivity index (χ1) is 12.1. The lowest BCUT2D eigenvalue weighted by molar-refractivity contribution is 0.0777. The van der Waals surface area contributed by atoms with Crippen molar-refractivity contribution in [1.29, 1.82) is 0 Å². The van der Waals surface area contributed by atoms with E-state index in [2.05, 4.69) is 10.3 Å². The van der Waals surface area contributed by atoms with Crippen LogP contribution in [0.25, 0.3) is 11.3 Å². The summed E-state index contributed by atoms with van der Waals surface area (Å²) >= 11 is 0. The Labute approximate surface area is 143 Å². The minimum absolute atomic E-state index is 0.163. The largest absolute Gasteiger partial charge is 0.355 e. The van der Waals surface area contributed by atoms with Crippen LogP contribution in [0.1, 0.15) is 28.5 Å². The summed E-state index contributed by atoms with van der Waals surface area (Å²) in [7, 11) is 0. The highest BCUT2D eigenvalue weighted by Gasteiger charge is 2.30. The van der Waals surface area contributed by atoms with E-state index in [1.54, 1.807) is 23.1 Å². The molecule has 0 spiro atoms. The quantitative estimate of drug-likeness (QED) is 0.735.